The number of carbonyl (C=O) groups excluding carboxylic acids is 2. The summed E-state index contributed by atoms with van der Waals surface area (Å²) in [6, 6.07) is 5.15. The molecule has 1 aliphatic heterocycles. The molecule has 162 valence electrons. The van der Waals surface area contributed by atoms with Crippen molar-refractivity contribution in [3.05, 3.63) is 40.3 Å². The van der Waals surface area contributed by atoms with Crippen LogP contribution < -0.4 is 11.1 Å². The average molecular weight is 453 g/mol. The highest BCUT2D eigenvalue weighted by Crippen LogP contribution is 2.30. The number of piperidine rings is 1. The zero-order valence-electron chi connectivity index (χ0n) is 16.7. The molecule has 7 nitrogen and oxygen atoms in total. The summed E-state index contributed by atoms with van der Waals surface area (Å²) in [4.78, 5) is 29.9. The Hall–Kier alpha value is -2.09. The molecule has 2 aromatic rings. The van der Waals surface area contributed by atoms with Crippen molar-refractivity contribution >= 4 is 35.0 Å². The van der Waals surface area contributed by atoms with Crippen LogP contribution in [0.2, 0.25) is 10.0 Å². The van der Waals surface area contributed by atoms with E-state index in [4.69, 9.17) is 33.4 Å². The van der Waals surface area contributed by atoms with E-state index in [0.717, 1.165) is 32.4 Å². The maximum Gasteiger partial charge on any atom is 0.221 e. The first-order valence-electron chi connectivity index (χ1n) is 10.1. The fraction of sp³-hybridized carbons (Fsp3) is 0.476. The van der Waals surface area contributed by atoms with Crippen LogP contribution in [0.4, 0.5) is 0 Å². The van der Waals surface area contributed by atoms with E-state index in [2.05, 4.69) is 15.2 Å². The van der Waals surface area contributed by atoms with E-state index in [0.29, 0.717) is 53.2 Å². The molecule has 1 fully saturated rings. The molecule has 1 aromatic carbocycles. The maximum atomic E-state index is 12.1. The highest BCUT2D eigenvalue weighted by Gasteiger charge is 2.23. The molecule has 0 radical (unpaired) electrons. The average Bonchev–Trinajstić information content (AvgIpc) is 3.18. The van der Waals surface area contributed by atoms with Gasteiger partial charge in [-0.2, -0.15) is 0 Å². The van der Waals surface area contributed by atoms with Crippen molar-refractivity contribution in [3.8, 4) is 11.3 Å². The maximum absolute atomic E-state index is 12.1. The molecule has 0 spiro atoms. The number of amides is 2. The molecule has 2 amide bonds. The summed E-state index contributed by atoms with van der Waals surface area (Å²) in [5.74, 6) is 0.704. The number of halogens is 2. The normalized spacial score (nSPS) is 17.1. The van der Waals surface area contributed by atoms with Crippen LogP contribution in [-0.4, -0.2) is 47.9 Å². The summed E-state index contributed by atoms with van der Waals surface area (Å²) in [5.41, 5.74) is 6.11. The lowest BCUT2D eigenvalue weighted by Gasteiger charge is -2.31. The minimum absolute atomic E-state index is 0.0482. The lowest BCUT2D eigenvalue weighted by molar-refractivity contribution is -0.123. The van der Waals surface area contributed by atoms with Crippen molar-refractivity contribution in [2.45, 2.75) is 32.1 Å². The lowest BCUT2D eigenvalue weighted by atomic mass is 9.97. The molecule has 0 saturated carbocycles. The van der Waals surface area contributed by atoms with Crippen LogP contribution in [0, 0.1) is 5.92 Å². The predicted octanol–water partition coefficient (Wildman–Crippen LogP) is 3.28. The molecular weight excluding hydrogens is 427 g/mol. The second-order valence-electron chi connectivity index (χ2n) is 7.49. The topological polar surface area (TPSA) is 101 Å². The predicted molar refractivity (Wildman–Crippen MR) is 116 cm³/mol. The number of rotatable bonds is 9. The number of hydrogen-bond donors (Lipinski definition) is 2. The smallest absolute Gasteiger partial charge is 0.221 e. The van der Waals surface area contributed by atoms with E-state index < -0.39 is 0 Å². The second kappa shape index (κ2) is 10.8. The van der Waals surface area contributed by atoms with Crippen LogP contribution in [-0.2, 0) is 16.0 Å². The van der Waals surface area contributed by atoms with E-state index in [9.17, 15) is 9.59 Å². The molecule has 9 heteroatoms. The van der Waals surface area contributed by atoms with Crippen LogP contribution in [0.25, 0.3) is 11.3 Å². The van der Waals surface area contributed by atoms with Gasteiger partial charge in [-0.25, -0.2) is 4.98 Å². The molecule has 0 aliphatic carbocycles. The number of primary amides is 1. The molecule has 2 heterocycles. The Morgan fingerprint density at radius 2 is 2.17 bits per heavy atom. The first kappa shape index (κ1) is 22.6. The van der Waals surface area contributed by atoms with Crippen LogP contribution in [0.15, 0.2) is 28.8 Å². The molecule has 1 atom stereocenters. The molecule has 1 aliphatic rings. The van der Waals surface area contributed by atoms with Gasteiger partial charge in [0.2, 0.25) is 11.8 Å². The summed E-state index contributed by atoms with van der Waals surface area (Å²) in [7, 11) is 0. The van der Waals surface area contributed by atoms with Crippen molar-refractivity contribution in [1.29, 1.82) is 0 Å². The Balaban J connectivity index is 1.36. The number of likely N-dealkylation sites (tertiary alicyclic amines) is 1. The summed E-state index contributed by atoms with van der Waals surface area (Å²) in [6.45, 7) is 3.12. The van der Waals surface area contributed by atoms with Crippen LogP contribution in [0.5, 0.6) is 0 Å². The zero-order chi connectivity index (χ0) is 21.5. The van der Waals surface area contributed by atoms with Gasteiger partial charge in [-0.05, 0) is 50.6 Å². The van der Waals surface area contributed by atoms with Gasteiger partial charge in [-0.3, -0.25) is 9.59 Å². The third-order valence-corrected chi connectivity index (χ3v) is 5.75. The lowest BCUT2D eigenvalue weighted by Crippen LogP contribution is -2.42. The summed E-state index contributed by atoms with van der Waals surface area (Å²) in [6.07, 6.45) is 4.98. The molecule has 30 heavy (non-hydrogen) atoms. The Morgan fingerprint density at radius 3 is 2.93 bits per heavy atom. The fourth-order valence-corrected chi connectivity index (χ4v) is 4.07. The number of hydrogen-bond acceptors (Lipinski definition) is 5. The van der Waals surface area contributed by atoms with E-state index in [1.165, 1.54) is 0 Å². The molecule has 1 saturated heterocycles. The largest absolute Gasteiger partial charge is 0.441 e. The number of nitrogens with two attached hydrogens (primary N) is 1. The van der Waals surface area contributed by atoms with Gasteiger partial charge in [-0.15, -0.1) is 0 Å². The number of aryl methyl sites for hydroxylation is 1. The minimum Gasteiger partial charge on any atom is -0.441 e. The number of aromatic nitrogens is 1. The quantitative estimate of drug-likeness (QED) is 0.568. The number of carbonyl (C=O) groups is 2. The monoisotopic (exact) mass is 452 g/mol. The molecule has 1 aromatic heterocycles. The second-order valence-corrected chi connectivity index (χ2v) is 8.33. The van der Waals surface area contributed by atoms with Crippen molar-refractivity contribution in [2.24, 2.45) is 11.7 Å². The summed E-state index contributed by atoms with van der Waals surface area (Å²) >= 11 is 12.1. The van der Waals surface area contributed by atoms with Gasteiger partial charge in [0.05, 0.1) is 17.1 Å². The third-order valence-electron chi connectivity index (χ3n) is 5.20. The Labute approximate surface area is 185 Å². The highest BCUT2D eigenvalue weighted by atomic mass is 35.5. The third kappa shape index (κ3) is 6.45. The van der Waals surface area contributed by atoms with Gasteiger partial charge in [0.1, 0.15) is 0 Å². The standard InChI is InChI=1S/C21H26Cl2N4O3/c22-15-4-5-16(17(23)11-15)18-12-26-20(30-18)7-6-19(28)25-8-2-10-27-9-1-3-14(13-27)21(24)29/h4-5,11-12,14H,1-3,6-10,13H2,(H2,24,29)(H,25,28). The van der Waals surface area contributed by atoms with Gasteiger partial charge in [0.25, 0.3) is 0 Å². The Morgan fingerprint density at radius 1 is 1.33 bits per heavy atom. The van der Waals surface area contributed by atoms with Crippen LogP contribution >= 0.6 is 23.2 Å². The van der Waals surface area contributed by atoms with E-state index in [1.807, 2.05) is 0 Å². The van der Waals surface area contributed by atoms with Crippen molar-refractivity contribution in [3.63, 3.8) is 0 Å². The van der Waals surface area contributed by atoms with E-state index in [-0.39, 0.29) is 17.7 Å². The SMILES string of the molecule is NC(=O)C1CCCN(CCCNC(=O)CCc2ncc(-c3ccc(Cl)cc3Cl)o2)C1. The highest BCUT2D eigenvalue weighted by molar-refractivity contribution is 6.36. The number of benzene rings is 1. The zero-order valence-corrected chi connectivity index (χ0v) is 18.2. The van der Waals surface area contributed by atoms with Crippen molar-refractivity contribution in [2.75, 3.05) is 26.2 Å². The van der Waals surface area contributed by atoms with Crippen molar-refractivity contribution in [1.82, 2.24) is 15.2 Å². The van der Waals surface area contributed by atoms with Crippen LogP contribution in [0.1, 0.15) is 31.6 Å². The number of oxazole rings is 1. The number of nitrogens with one attached hydrogen (secondary N) is 1. The van der Waals surface area contributed by atoms with Crippen molar-refractivity contribution < 1.29 is 14.0 Å². The summed E-state index contributed by atoms with van der Waals surface area (Å²) in [5, 5.41) is 3.95. The van der Waals surface area contributed by atoms with Gasteiger partial charge in [0.15, 0.2) is 11.7 Å². The van der Waals surface area contributed by atoms with Gasteiger partial charge in [0, 0.05) is 36.5 Å². The first-order chi connectivity index (χ1) is 14.4. The summed E-state index contributed by atoms with van der Waals surface area (Å²) < 4.78 is 5.71. The molecule has 1 unspecified atom stereocenters. The molecule has 0 bridgehead atoms. The molecule has 3 N–H and O–H groups in total. The first-order valence-corrected chi connectivity index (χ1v) is 10.9. The van der Waals surface area contributed by atoms with Gasteiger partial charge < -0.3 is 20.4 Å². The molecule has 3 rings (SSSR count). The fourth-order valence-electron chi connectivity index (χ4n) is 3.57. The number of nitrogens with zero attached hydrogens (tertiary/aromatic N) is 2. The van der Waals surface area contributed by atoms with E-state index >= 15 is 0 Å². The Bertz CT molecular complexity index is 887. The van der Waals surface area contributed by atoms with E-state index in [1.54, 1.807) is 24.4 Å². The van der Waals surface area contributed by atoms with Gasteiger partial charge >= 0.3 is 0 Å². The van der Waals surface area contributed by atoms with Crippen LogP contribution in [0.3, 0.4) is 0 Å². The Kier molecular flexibility index (Phi) is 8.13. The minimum atomic E-state index is -0.221. The molecular formula is C21H26Cl2N4O3. The van der Waals surface area contributed by atoms with Gasteiger partial charge in [-0.1, -0.05) is 23.2 Å².